The molecule has 1 atom stereocenters. The van der Waals surface area contributed by atoms with Gasteiger partial charge in [0.05, 0.1) is 12.6 Å². The molecule has 8 heteroatoms. The summed E-state index contributed by atoms with van der Waals surface area (Å²) in [5.74, 6) is -1.18. The number of aliphatic hydroxyl groups is 1. The molecular weight excluding hydrogens is 279 g/mol. The Morgan fingerprint density at radius 3 is 2.47 bits per heavy atom. The fourth-order valence-electron chi connectivity index (χ4n) is 1.47. The van der Waals surface area contributed by atoms with Crippen molar-refractivity contribution in [3.05, 3.63) is 41.7 Å². The van der Waals surface area contributed by atoms with Crippen LogP contribution in [0.5, 0.6) is 0 Å². The summed E-state index contributed by atoms with van der Waals surface area (Å²) >= 11 is 0.611. The first-order valence-corrected chi connectivity index (χ1v) is 6.11. The van der Waals surface area contributed by atoms with Gasteiger partial charge in [0.15, 0.2) is 0 Å². The monoisotopic (exact) mass is 289 g/mol. The van der Waals surface area contributed by atoms with Gasteiger partial charge in [0, 0.05) is 11.5 Å². The van der Waals surface area contributed by atoms with Crippen LogP contribution < -0.4 is 5.32 Å². The molecule has 0 fully saturated rings. The number of rotatable bonds is 4. The lowest BCUT2D eigenvalue weighted by atomic mass is 10.1. The second-order valence-corrected chi connectivity index (χ2v) is 4.46. The van der Waals surface area contributed by atoms with Crippen LogP contribution in [0.1, 0.15) is 17.4 Å². The van der Waals surface area contributed by atoms with E-state index in [4.69, 9.17) is 0 Å². The van der Waals surface area contributed by atoms with Gasteiger partial charge in [-0.25, -0.2) is 0 Å². The van der Waals surface area contributed by atoms with Crippen molar-refractivity contribution >= 4 is 16.7 Å². The van der Waals surface area contributed by atoms with Gasteiger partial charge in [-0.05, 0) is 5.56 Å². The summed E-state index contributed by atoms with van der Waals surface area (Å²) in [5.41, 5.74) is 0.758. The molecule has 1 aromatic carbocycles. The van der Waals surface area contributed by atoms with E-state index in [9.17, 15) is 18.3 Å². The first-order chi connectivity index (χ1) is 9.00. The van der Waals surface area contributed by atoms with Crippen molar-refractivity contribution in [3.63, 3.8) is 0 Å². The zero-order chi connectivity index (χ0) is 13.9. The Labute approximate surface area is 111 Å². The molecule has 0 saturated carbocycles. The highest BCUT2D eigenvalue weighted by Gasteiger charge is 2.36. The van der Waals surface area contributed by atoms with Crippen molar-refractivity contribution in [2.75, 3.05) is 11.9 Å². The van der Waals surface area contributed by atoms with Gasteiger partial charge >= 0.3 is 6.18 Å². The van der Waals surface area contributed by atoms with E-state index in [0.29, 0.717) is 11.5 Å². The van der Waals surface area contributed by atoms with Crippen LogP contribution in [0.25, 0.3) is 0 Å². The van der Waals surface area contributed by atoms with Crippen molar-refractivity contribution in [1.82, 2.24) is 9.36 Å². The van der Waals surface area contributed by atoms with E-state index in [0.717, 1.165) is 5.56 Å². The maximum atomic E-state index is 12.3. The van der Waals surface area contributed by atoms with Crippen molar-refractivity contribution < 1.29 is 18.3 Å². The fraction of sp³-hybridized carbons (Fsp3) is 0.273. The molecule has 0 saturated heterocycles. The highest BCUT2D eigenvalue weighted by atomic mass is 32.1. The third kappa shape index (κ3) is 3.42. The number of hydrogen-bond donors (Lipinski definition) is 2. The molecule has 1 unspecified atom stereocenters. The highest BCUT2D eigenvalue weighted by molar-refractivity contribution is 7.09. The standard InChI is InChI=1S/C11H10F3N3OS/c12-11(13,14)9-16-10(19-17-9)15-8(6-18)7-4-2-1-3-5-7/h1-5,8,18H,6H2,(H,15,16,17). The molecule has 0 spiro atoms. The lowest BCUT2D eigenvalue weighted by molar-refractivity contribution is -0.144. The van der Waals surface area contributed by atoms with Crippen molar-refractivity contribution in [2.45, 2.75) is 12.2 Å². The van der Waals surface area contributed by atoms with Crippen LogP contribution in [0.3, 0.4) is 0 Å². The van der Waals surface area contributed by atoms with Gasteiger partial charge in [0.2, 0.25) is 11.0 Å². The Morgan fingerprint density at radius 2 is 1.95 bits per heavy atom. The predicted octanol–water partition coefficient (Wildman–Crippen LogP) is 2.70. The van der Waals surface area contributed by atoms with Gasteiger partial charge in [-0.1, -0.05) is 30.3 Å². The summed E-state index contributed by atoms with van der Waals surface area (Å²) < 4.78 is 40.3. The predicted molar refractivity (Wildman–Crippen MR) is 64.8 cm³/mol. The second-order valence-electron chi connectivity index (χ2n) is 3.71. The maximum absolute atomic E-state index is 12.3. The maximum Gasteiger partial charge on any atom is 0.452 e. The van der Waals surface area contributed by atoms with Crippen LogP contribution in [0.15, 0.2) is 30.3 Å². The number of nitrogens with zero attached hydrogens (tertiary/aromatic N) is 2. The minimum atomic E-state index is -4.56. The third-order valence-corrected chi connectivity index (χ3v) is 3.01. The van der Waals surface area contributed by atoms with Crippen molar-refractivity contribution in [3.8, 4) is 0 Å². The zero-order valence-electron chi connectivity index (χ0n) is 9.55. The molecule has 0 amide bonds. The van der Waals surface area contributed by atoms with Crippen LogP contribution in [-0.2, 0) is 6.18 Å². The van der Waals surface area contributed by atoms with Gasteiger partial charge in [0.1, 0.15) is 0 Å². The summed E-state index contributed by atoms with van der Waals surface area (Å²) in [7, 11) is 0. The Balaban J connectivity index is 2.13. The van der Waals surface area contributed by atoms with Crippen molar-refractivity contribution in [2.24, 2.45) is 0 Å². The smallest absolute Gasteiger partial charge is 0.394 e. The van der Waals surface area contributed by atoms with E-state index >= 15 is 0 Å². The summed E-state index contributed by atoms with van der Waals surface area (Å²) in [6, 6.07) is 8.38. The molecule has 0 aliphatic carbocycles. The van der Waals surface area contributed by atoms with Gasteiger partial charge in [-0.15, -0.1) is 0 Å². The van der Waals surface area contributed by atoms with Gasteiger partial charge < -0.3 is 10.4 Å². The molecule has 2 aromatic rings. The number of benzene rings is 1. The Kier molecular flexibility index (Phi) is 4.01. The van der Waals surface area contributed by atoms with E-state index < -0.39 is 18.0 Å². The third-order valence-electron chi connectivity index (χ3n) is 2.36. The van der Waals surface area contributed by atoms with Gasteiger partial charge in [-0.2, -0.15) is 22.5 Å². The number of alkyl halides is 3. The molecular formula is C11H10F3N3OS. The minimum Gasteiger partial charge on any atom is -0.394 e. The molecule has 19 heavy (non-hydrogen) atoms. The van der Waals surface area contributed by atoms with E-state index in [2.05, 4.69) is 14.7 Å². The van der Waals surface area contributed by atoms with Crippen LogP contribution >= 0.6 is 11.5 Å². The summed E-state index contributed by atoms with van der Waals surface area (Å²) in [6.07, 6.45) is -4.56. The molecule has 1 aromatic heterocycles. The molecule has 0 radical (unpaired) electrons. The van der Waals surface area contributed by atoms with Crippen LogP contribution in [0, 0.1) is 0 Å². The topological polar surface area (TPSA) is 58.0 Å². The molecule has 0 aliphatic heterocycles. The second kappa shape index (κ2) is 5.54. The first-order valence-electron chi connectivity index (χ1n) is 5.34. The lowest BCUT2D eigenvalue weighted by Crippen LogP contribution is -2.15. The van der Waals surface area contributed by atoms with E-state index in [1.54, 1.807) is 24.3 Å². The zero-order valence-corrected chi connectivity index (χ0v) is 10.4. The average Bonchev–Trinajstić information content (AvgIpc) is 2.85. The number of halogens is 3. The fourth-order valence-corrected chi connectivity index (χ4v) is 2.11. The van der Waals surface area contributed by atoms with Crippen molar-refractivity contribution in [1.29, 1.82) is 0 Å². The molecule has 0 bridgehead atoms. The van der Waals surface area contributed by atoms with E-state index in [1.165, 1.54) is 0 Å². The number of nitrogens with one attached hydrogen (secondary N) is 1. The van der Waals surface area contributed by atoms with Crippen LogP contribution in [-0.4, -0.2) is 21.1 Å². The molecule has 0 aliphatic rings. The summed E-state index contributed by atoms with van der Waals surface area (Å²) in [5, 5.41) is 12.0. The molecule has 102 valence electrons. The van der Waals surface area contributed by atoms with Crippen LogP contribution in [0.2, 0.25) is 0 Å². The van der Waals surface area contributed by atoms with Gasteiger partial charge in [-0.3, -0.25) is 0 Å². The lowest BCUT2D eigenvalue weighted by Gasteiger charge is -2.15. The molecule has 2 rings (SSSR count). The Morgan fingerprint density at radius 1 is 1.26 bits per heavy atom. The summed E-state index contributed by atoms with van der Waals surface area (Å²) in [6.45, 7) is -0.259. The number of hydrogen-bond acceptors (Lipinski definition) is 5. The molecule has 2 N–H and O–H groups in total. The Bertz CT molecular complexity index is 529. The molecule has 4 nitrogen and oxygen atoms in total. The normalized spacial score (nSPS) is 13.3. The number of anilines is 1. The number of aliphatic hydroxyl groups excluding tert-OH is 1. The number of aromatic nitrogens is 2. The Hall–Kier alpha value is -1.67. The largest absolute Gasteiger partial charge is 0.452 e. The average molecular weight is 289 g/mol. The van der Waals surface area contributed by atoms with E-state index in [1.807, 2.05) is 6.07 Å². The van der Waals surface area contributed by atoms with Crippen LogP contribution in [0.4, 0.5) is 18.3 Å². The summed E-state index contributed by atoms with van der Waals surface area (Å²) in [4.78, 5) is 3.35. The quantitative estimate of drug-likeness (QED) is 0.908. The van der Waals surface area contributed by atoms with E-state index in [-0.39, 0.29) is 11.7 Å². The first kappa shape index (κ1) is 13.8. The SMILES string of the molecule is OCC(Nc1nc(C(F)(F)F)ns1)c1ccccc1. The molecule has 1 heterocycles. The highest BCUT2D eigenvalue weighted by Crippen LogP contribution is 2.30. The van der Waals surface area contributed by atoms with Gasteiger partial charge in [0.25, 0.3) is 0 Å². The minimum absolute atomic E-state index is 0.0234.